The summed E-state index contributed by atoms with van der Waals surface area (Å²) in [7, 11) is 1.41. The number of halogens is 2. The van der Waals surface area contributed by atoms with Crippen LogP contribution < -0.4 is 15.7 Å². The summed E-state index contributed by atoms with van der Waals surface area (Å²) in [5.74, 6) is -0.815. The Morgan fingerprint density at radius 1 is 1.31 bits per heavy atom. The zero-order valence-electron chi connectivity index (χ0n) is 15.0. The van der Waals surface area contributed by atoms with Crippen molar-refractivity contribution in [3.63, 3.8) is 0 Å². The molecular weight excluding hydrogens is 451 g/mol. The van der Waals surface area contributed by atoms with Gasteiger partial charge in [0.15, 0.2) is 0 Å². The van der Waals surface area contributed by atoms with E-state index >= 15 is 0 Å². The number of ether oxygens (including phenoxy) is 1. The fraction of sp³-hybridized carbons (Fsp3) is 0.158. The molecule has 1 N–H and O–H groups in total. The third-order valence-corrected chi connectivity index (χ3v) is 4.82. The van der Waals surface area contributed by atoms with Crippen LogP contribution in [0.15, 0.2) is 45.6 Å². The summed E-state index contributed by atoms with van der Waals surface area (Å²) in [6.45, 7) is 0. The Morgan fingerprint density at radius 3 is 2.72 bits per heavy atom. The SMILES string of the molecule is CNC(=O)Oc1ccc2c(CBr)c(Cc3cccc([N+](=O)[O-])c3F)c(=O)oc2c1. The summed E-state index contributed by atoms with van der Waals surface area (Å²) in [4.78, 5) is 34.1. The lowest BCUT2D eigenvalue weighted by atomic mass is 9.99. The Kier molecular flexibility index (Phi) is 5.92. The minimum atomic E-state index is -0.994. The lowest BCUT2D eigenvalue weighted by Gasteiger charge is -2.11. The number of hydrogen-bond donors (Lipinski definition) is 1. The number of fused-ring (bicyclic) bond motifs is 1. The number of nitrogens with zero attached hydrogens (tertiary/aromatic N) is 1. The Hall–Kier alpha value is -3.27. The molecule has 1 heterocycles. The highest BCUT2D eigenvalue weighted by molar-refractivity contribution is 9.08. The third kappa shape index (κ3) is 4.11. The van der Waals surface area contributed by atoms with Crippen LogP contribution in [0, 0.1) is 15.9 Å². The van der Waals surface area contributed by atoms with Gasteiger partial charge in [-0.25, -0.2) is 9.59 Å². The molecule has 0 bridgehead atoms. The molecule has 0 saturated carbocycles. The standard InChI is InChI=1S/C19H14BrFN2O6/c1-22-19(25)28-11-5-6-12-14(9-20)13(18(24)29-16(12)8-11)7-10-3-2-4-15(17(10)21)23(26)27/h2-6,8H,7,9H2,1H3,(H,22,25). The van der Waals surface area contributed by atoms with Crippen molar-refractivity contribution in [3.05, 3.63) is 79.4 Å². The van der Waals surface area contributed by atoms with Crippen LogP contribution in [-0.4, -0.2) is 18.1 Å². The lowest BCUT2D eigenvalue weighted by molar-refractivity contribution is -0.387. The summed E-state index contributed by atoms with van der Waals surface area (Å²) in [6, 6.07) is 8.33. The van der Waals surface area contributed by atoms with Crippen LogP contribution in [0.25, 0.3) is 11.0 Å². The van der Waals surface area contributed by atoms with Gasteiger partial charge in [0.2, 0.25) is 5.82 Å². The van der Waals surface area contributed by atoms with Crippen molar-refractivity contribution in [2.75, 3.05) is 7.05 Å². The van der Waals surface area contributed by atoms with E-state index in [9.17, 15) is 24.1 Å². The fourth-order valence-corrected chi connectivity index (χ4v) is 3.51. The van der Waals surface area contributed by atoms with Gasteiger partial charge in [0, 0.05) is 41.9 Å². The molecule has 29 heavy (non-hydrogen) atoms. The van der Waals surface area contributed by atoms with E-state index in [1.165, 1.54) is 31.3 Å². The molecule has 150 valence electrons. The molecule has 10 heteroatoms. The van der Waals surface area contributed by atoms with E-state index in [1.54, 1.807) is 6.07 Å². The van der Waals surface area contributed by atoms with Gasteiger partial charge in [-0.1, -0.05) is 28.1 Å². The Morgan fingerprint density at radius 2 is 2.07 bits per heavy atom. The molecule has 1 amide bonds. The van der Waals surface area contributed by atoms with Gasteiger partial charge in [0.1, 0.15) is 11.3 Å². The largest absolute Gasteiger partial charge is 0.422 e. The van der Waals surface area contributed by atoms with Crippen molar-refractivity contribution < 1.29 is 23.3 Å². The Bertz CT molecular complexity index is 1180. The van der Waals surface area contributed by atoms with Crippen molar-refractivity contribution in [2.45, 2.75) is 11.8 Å². The minimum absolute atomic E-state index is 0.00706. The monoisotopic (exact) mass is 464 g/mol. The van der Waals surface area contributed by atoms with Crippen LogP contribution in [-0.2, 0) is 11.8 Å². The number of nitrogens with one attached hydrogen (secondary N) is 1. The minimum Gasteiger partial charge on any atom is -0.422 e. The van der Waals surface area contributed by atoms with E-state index in [0.717, 1.165) is 6.07 Å². The zero-order valence-corrected chi connectivity index (χ0v) is 16.6. The molecule has 0 spiro atoms. The van der Waals surface area contributed by atoms with E-state index in [-0.39, 0.29) is 34.2 Å². The van der Waals surface area contributed by atoms with Crippen molar-refractivity contribution in [1.29, 1.82) is 0 Å². The maximum absolute atomic E-state index is 14.5. The third-order valence-electron chi connectivity index (χ3n) is 4.26. The average Bonchev–Trinajstić information content (AvgIpc) is 2.69. The molecule has 1 aromatic heterocycles. The number of carbonyl (C=O) groups is 1. The van der Waals surface area contributed by atoms with Gasteiger partial charge in [0.25, 0.3) is 0 Å². The molecule has 3 rings (SSSR count). The predicted molar refractivity (Wildman–Crippen MR) is 106 cm³/mol. The molecule has 0 saturated heterocycles. The van der Waals surface area contributed by atoms with Crippen LogP contribution in [0.1, 0.15) is 16.7 Å². The summed E-state index contributed by atoms with van der Waals surface area (Å²) in [5, 5.41) is 14.1. The molecule has 0 unspecified atom stereocenters. The van der Waals surface area contributed by atoms with Crippen LogP contribution in [0.4, 0.5) is 14.9 Å². The van der Waals surface area contributed by atoms with Crippen molar-refractivity contribution in [3.8, 4) is 5.75 Å². The second-order valence-corrected chi connectivity index (χ2v) is 6.52. The number of nitro benzene ring substituents is 1. The van der Waals surface area contributed by atoms with E-state index in [2.05, 4.69) is 21.2 Å². The summed E-state index contributed by atoms with van der Waals surface area (Å²) >= 11 is 3.33. The van der Waals surface area contributed by atoms with E-state index in [1.807, 2.05) is 0 Å². The van der Waals surface area contributed by atoms with Crippen molar-refractivity contribution in [1.82, 2.24) is 5.32 Å². The highest BCUT2D eigenvalue weighted by atomic mass is 79.9. The molecule has 0 fully saturated rings. The van der Waals surface area contributed by atoms with Gasteiger partial charge in [-0.2, -0.15) is 4.39 Å². The summed E-state index contributed by atoms with van der Waals surface area (Å²) in [5.41, 5.74) is -0.455. The van der Waals surface area contributed by atoms with Crippen LogP contribution >= 0.6 is 15.9 Å². The smallest absolute Gasteiger partial charge is 0.412 e. The Labute approximate surface area is 171 Å². The van der Waals surface area contributed by atoms with E-state index < -0.39 is 28.1 Å². The van der Waals surface area contributed by atoms with Gasteiger partial charge >= 0.3 is 17.4 Å². The number of carbonyl (C=O) groups excluding carboxylic acids is 1. The van der Waals surface area contributed by atoms with Crippen LogP contribution in [0.2, 0.25) is 0 Å². The van der Waals surface area contributed by atoms with Gasteiger partial charge in [-0.3, -0.25) is 10.1 Å². The molecule has 2 aromatic carbocycles. The molecule has 8 nitrogen and oxygen atoms in total. The maximum atomic E-state index is 14.5. The first-order chi connectivity index (χ1) is 13.8. The van der Waals surface area contributed by atoms with E-state index in [4.69, 9.17) is 9.15 Å². The molecule has 0 atom stereocenters. The first-order valence-electron chi connectivity index (χ1n) is 8.31. The number of rotatable bonds is 5. The first kappa shape index (κ1) is 20.5. The number of amides is 1. The number of nitro groups is 1. The normalized spacial score (nSPS) is 10.7. The fourth-order valence-electron chi connectivity index (χ4n) is 2.87. The number of alkyl halides is 1. The maximum Gasteiger partial charge on any atom is 0.412 e. The second-order valence-electron chi connectivity index (χ2n) is 5.96. The van der Waals surface area contributed by atoms with E-state index in [0.29, 0.717) is 10.9 Å². The predicted octanol–water partition coefficient (Wildman–Crippen LogP) is 4.04. The quantitative estimate of drug-likeness (QED) is 0.264. The zero-order chi connectivity index (χ0) is 21.1. The summed E-state index contributed by atoms with van der Waals surface area (Å²) in [6.07, 6.45) is -0.853. The summed E-state index contributed by atoms with van der Waals surface area (Å²) < 4.78 is 24.8. The molecule has 0 aliphatic rings. The van der Waals surface area contributed by atoms with Crippen LogP contribution in [0.3, 0.4) is 0 Å². The van der Waals surface area contributed by atoms with Gasteiger partial charge in [0.05, 0.1) is 4.92 Å². The highest BCUT2D eigenvalue weighted by Crippen LogP contribution is 2.29. The van der Waals surface area contributed by atoms with Crippen molar-refractivity contribution >= 4 is 38.7 Å². The molecule has 0 aliphatic carbocycles. The topological polar surface area (TPSA) is 112 Å². The Balaban J connectivity index is 2.10. The first-order valence-corrected chi connectivity index (χ1v) is 9.43. The molecule has 0 radical (unpaired) electrons. The van der Waals surface area contributed by atoms with Crippen molar-refractivity contribution in [2.24, 2.45) is 0 Å². The molecule has 0 aliphatic heterocycles. The second kappa shape index (κ2) is 8.39. The highest BCUT2D eigenvalue weighted by Gasteiger charge is 2.21. The number of benzene rings is 2. The average molecular weight is 465 g/mol. The van der Waals surface area contributed by atoms with Gasteiger partial charge in [-0.05, 0) is 23.3 Å². The van der Waals surface area contributed by atoms with Gasteiger partial charge in [-0.15, -0.1) is 0 Å². The van der Waals surface area contributed by atoms with Crippen LogP contribution in [0.5, 0.6) is 5.75 Å². The molecular formula is C19H14BrFN2O6. The molecule has 3 aromatic rings. The lowest BCUT2D eigenvalue weighted by Crippen LogP contribution is -2.22. The van der Waals surface area contributed by atoms with Gasteiger partial charge < -0.3 is 14.5 Å². The number of hydrogen-bond acceptors (Lipinski definition) is 6.